The lowest BCUT2D eigenvalue weighted by atomic mass is 9.98. The number of imidazole rings is 1. The number of aromatic nitrogens is 4. The maximum atomic E-state index is 14.7. The normalized spacial score (nSPS) is 19.3. The van der Waals surface area contributed by atoms with Crippen LogP contribution in [0.15, 0.2) is 54.9 Å². The molecule has 1 saturated heterocycles. The SMILES string of the molecule is C#C[C@]1(COC(=O)c2ccc(C)cc2)O[C@@H](n2cnc3c(NC(=O)OC(C)(C)C)nc(F)nc32)C[C@@H]1OC(=O)c1ccc(C)cc1. The summed E-state index contributed by atoms with van der Waals surface area (Å²) in [5.41, 5.74) is -0.105. The van der Waals surface area contributed by atoms with Crippen molar-refractivity contribution >= 4 is 35.0 Å². The molecule has 0 spiro atoms. The Hall–Kier alpha value is -5.35. The first-order chi connectivity index (χ1) is 21.8. The Kier molecular flexibility index (Phi) is 8.76. The smallest absolute Gasteiger partial charge is 0.413 e. The summed E-state index contributed by atoms with van der Waals surface area (Å²) in [6.07, 6.45) is 3.08. The van der Waals surface area contributed by atoms with E-state index in [4.69, 9.17) is 25.4 Å². The van der Waals surface area contributed by atoms with Gasteiger partial charge in [0.2, 0.25) is 5.60 Å². The number of carbonyl (C=O) groups is 3. The molecule has 0 radical (unpaired) electrons. The van der Waals surface area contributed by atoms with E-state index in [1.54, 1.807) is 69.3 Å². The van der Waals surface area contributed by atoms with Crippen molar-refractivity contribution in [3.05, 3.63) is 83.2 Å². The predicted octanol–water partition coefficient (Wildman–Crippen LogP) is 5.30. The van der Waals surface area contributed by atoms with Gasteiger partial charge in [-0.15, -0.1) is 6.42 Å². The number of rotatable bonds is 7. The van der Waals surface area contributed by atoms with Crippen LogP contribution < -0.4 is 5.32 Å². The Morgan fingerprint density at radius 1 is 1.04 bits per heavy atom. The minimum atomic E-state index is -1.74. The van der Waals surface area contributed by atoms with E-state index in [0.717, 1.165) is 11.1 Å². The first kappa shape index (κ1) is 32.1. The van der Waals surface area contributed by atoms with E-state index in [2.05, 4.69) is 26.2 Å². The van der Waals surface area contributed by atoms with Crippen molar-refractivity contribution in [2.24, 2.45) is 0 Å². The molecule has 3 atom stereocenters. The van der Waals surface area contributed by atoms with Crippen LogP contribution in [0.25, 0.3) is 11.2 Å². The molecule has 1 aliphatic heterocycles. The first-order valence-electron chi connectivity index (χ1n) is 14.3. The maximum Gasteiger partial charge on any atom is 0.413 e. The van der Waals surface area contributed by atoms with Crippen LogP contribution >= 0.6 is 0 Å². The van der Waals surface area contributed by atoms with E-state index in [-0.39, 0.29) is 29.0 Å². The predicted molar refractivity (Wildman–Crippen MR) is 163 cm³/mol. The van der Waals surface area contributed by atoms with E-state index in [9.17, 15) is 18.8 Å². The average Bonchev–Trinajstić information content (AvgIpc) is 3.57. The molecular formula is C33H32FN5O7. The molecular weight excluding hydrogens is 597 g/mol. The second kappa shape index (κ2) is 12.6. The molecule has 1 amide bonds. The highest BCUT2D eigenvalue weighted by atomic mass is 19.1. The molecule has 2 aromatic carbocycles. The van der Waals surface area contributed by atoms with Gasteiger partial charge in [-0.1, -0.05) is 41.3 Å². The molecule has 1 aliphatic rings. The monoisotopic (exact) mass is 629 g/mol. The molecule has 2 aromatic heterocycles. The molecule has 4 aromatic rings. The largest absolute Gasteiger partial charge is 0.458 e. The molecule has 12 nitrogen and oxygen atoms in total. The van der Waals surface area contributed by atoms with Crippen molar-refractivity contribution in [2.75, 3.05) is 11.9 Å². The molecule has 1 fully saturated rings. The molecule has 5 rings (SSSR count). The van der Waals surface area contributed by atoms with Gasteiger partial charge in [-0.2, -0.15) is 14.4 Å². The Labute approximate surface area is 264 Å². The average molecular weight is 630 g/mol. The Bertz CT molecular complexity index is 1830. The zero-order valence-electron chi connectivity index (χ0n) is 25.9. The summed E-state index contributed by atoms with van der Waals surface area (Å²) in [5.74, 6) is 0.963. The van der Waals surface area contributed by atoms with E-state index in [1.165, 1.54) is 10.9 Å². The number of aryl methyl sites for hydroxylation is 2. The van der Waals surface area contributed by atoms with Crippen molar-refractivity contribution in [1.82, 2.24) is 19.5 Å². The third-order valence-electron chi connectivity index (χ3n) is 7.09. The van der Waals surface area contributed by atoms with Gasteiger partial charge < -0.3 is 18.9 Å². The van der Waals surface area contributed by atoms with E-state index >= 15 is 0 Å². The minimum Gasteiger partial charge on any atom is -0.458 e. The first-order valence-corrected chi connectivity index (χ1v) is 14.3. The number of carbonyl (C=O) groups excluding carboxylic acids is 3. The summed E-state index contributed by atoms with van der Waals surface area (Å²) in [6, 6.07) is 13.5. The van der Waals surface area contributed by atoms with Gasteiger partial charge in [0.1, 0.15) is 18.4 Å². The number of nitrogens with zero attached hydrogens (tertiary/aromatic N) is 4. The maximum absolute atomic E-state index is 14.7. The van der Waals surface area contributed by atoms with Crippen LogP contribution in [0.5, 0.6) is 0 Å². The van der Waals surface area contributed by atoms with Crippen LogP contribution in [-0.4, -0.2) is 61.5 Å². The van der Waals surface area contributed by atoms with Crippen molar-refractivity contribution in [1.29, 1.82) is 0 Å². The fourth-order valence-electron chi connectivity index (χ4n) is 4.77. The topological polar surface area (TPSA) is 144 Å². The highest BCUT2D eigenvalue weighted by Crippen LogP contribution is 2.41. The number of amides is 1. The van der Waals surface area contributed by atoms with Crippen LogP contribution in [-0.2, 0) is 18.9 Å². The summed E-state index contributed by atoms with van der Waals surface area (Å²) in [7, 11) is 0. The number of nitrogens with one attached hydrogen (secondary N) is 1. The zero-order chi connectivity index (χ0) is 33.2. The molecule has 238 valence electrons. The lowest BCUT2D eigenvalue weighted by Gasteiger charge is -2.28. The van der Waals surface area contributed by atoms with Crippen molar-refractivity contribution in [3.63, 3.8) is 0 Å². The third kappa shape index (κ3) is 6.97. The molecule has 0 aliphatic carbocycles. The number of halogens is 1. The summed E-state index contributed by atoms with van der Waals surface area (Å²) < 4.78 is 39.0. The lowest BCUT2D eigenvalue weighted by Crippen LogP contribution is -2.45. The number of anilines is 1. The molecule has 1 N–H and O–H groups in total. The molecule has 0 bridgehead atoms. The number of ether oxygens (including phenoxy) is 4. The van der Waals surface area contributed by atoms with Gasteiger partial charge in [0.15, 0.2) is 23.1 Å². The Balaban J connectivity index is 1.46. The van der Waals surface area contributed by atoms with Gasteiger partial charge in [0.25, 0.3) is 0 Å². The Morgan fingerprint density at radius 2 is 1.65 bits per heavy atom. The van der Waals surface area contributed by atoms with Gasteiger partial charge in [-0.3, -0.25) is 9.88 Å². The number of hydrogen-bond acceptors (Lipinski definition) is 10. The van der Waals surface area contributed by atoms with Crippen molar-refractivity contribution < 1.29 is 37.7 Å². The van der Waals surface area contributed by atoms with Crippen LogP contribution in [0.3, 0.4) is 0 Å². The van der Waals surface area contributed by atoms with Crippen LogP contribution in [0.2, 0.25) is 0 Å². The molecule has 0 saturated carbocycles. The number of benzene rings is 2. The van der Waals surface area contributed by atoms with E-state index in [1.807, 2.05) is 13.8 Å². The quantitative estimate of drug-likeness (QED) is 0.124. The highest BCUT2D eigenvalue weighted by molar-refractivity contribution is 5.93. The second-order valence-electron chi connectivity index (χ2n) is 11.8. The summed E-state index contributed by atoms with van der Waals surface area (Å²) in [4.78, 5) is 50.3. The standard InChI is InChI=1S/C33H32FN5O7/c1-7-33(17-43-28(40)21-12-8-19(2)9-13-21)23(44-29(41)22-14-10-20(3)11-15-22)16-24(45-33)39-18-35-25-26(36-30(34)38-27(25)39)37-31(42)46-32(4,5)6/h1,8-15,18,23-24H,16-17H2,2-6H3,(H,36,37,38,42)/t23-,24+,33+/m0/s1. The minimum absolute atomic E-state index is 0.0352. The van der Waals surface area contributed by atoms with Gasteiger partial charge in [0, 0.05) is 6.42 Å². The fourth-order valence-corrected chi connectivity index (χ4v) is 4.77. The highest BCUT2D eigenvalue weighted by Gasteiger charge is 2.52. The van der Waals surface area contributed by atoms with Gasteiger partial charge >= 0.3 is 24.1 Å². The molecule has 13 heteroatoms. The van der Waals surface area contributed by atoms with Gasteiger partial charge in [0.05, 0.1) is 17.5 Å². The number of terminal acetylenes is 1. The van der Waals surface area contributed by atoms with E-state index in [0.29, 0.717) is 5.56 Å². The van der Waals surface area contributed by atoms with Crippen LogP contribution in [0.4, 0.5) is 15.0 Å². The summed E-state index contributed by atoms with van der Waals surface area (Å²) in [6.45, 7) is 8.31. The Morgan fingerprint density at radius 3 is 2.24 bits per heavy atom. The molecule has 46 heavy (non-hydrogen) atoms. The second-order valence-corrected chi connectivity index (χ2v) is 11.8. The van der Waals surface area contributed by atoms with E-state index < -0.39 is 54.3 Å². The van der Waals surface area contributed by atoms with Gasteiger partial charge in [-0.05, 0) is 58.9 Å². The lowest BCUT2D eigenvalue weighted by molar-refractivity contribution is -0.0967. The molecule has 0 unspecified atom stereocenters. The summed E-state index contributed by atoms with van der Waals surface area (Å²) >= 11 is 0. The number of hydrogen-bond donors (Lipinski definition) is 1. The zero-order valence-corrected chi connectivity index (χ0v) is 25.9. The van der Waals surface area contributed by atoms with Crippen molar-refractivity contribution in [3.8, 4) is 12.3 Å². The van der Waals surface area contributed by atoms with Gasteiger partial charge in [-0.25, -0.2) is 19.4 Å². The van der Waals surface area contributed by atoms with Crippen molar-refractivity contribution in [2.45, 2.75) is 64.6 Å². The number of esters is 2. The van der Waals surface area contributed by atoms with Crippen LogP contribution in [0.1, 0.15) is 65.3 Å². The van der Waals surface area contributed by atoms with Crippen LogP contribution in [0, 0.1) is 32.3 Å². The fraction of sp³-hybridized carbons (Fsp3) is 0.333. The summed E-state index contributed by atoms with van der Waals surface area (Å²) in [5, 5.41) is 2.39. The number of fused-ring (bicyclic) bond motifs is 1. The third-order valence-corrected chi connectivity index (χ3v) is 7.09. The molecule has 3 heterocycles.